The van der Waals surface area contributed by atoms with Crippen LogP contribution < -0.4 is 15.8 Å². The van der Waals surface area contributed by atoms with Crippen molar-refractivity contribution < 1.29 is 22.7 Å². The van der Waals surface area contributed by atoms with Crippen LogP contribution in [0.2, 0.25) is 0 Å². The summed E-state index contributed by atoms with van der Waals surface area (Å²) >= 11 is 1.30. The molecule has 3 N–H and O–H groups in total. The van der Waals surface area contributed by atoms with Crippen molar-refractivity contribution >= 4 is 29.7 Å². The van der Waals surface area contributed by atoms with Gasteiger partial charge in [-0.25, -0.2) is 4.98 Å². The Morgan fingerprint density at radius 3 is 2.50 bits per heavy atom. The summed E-state index contributed by atoms with van der Waals surface area (Å²) in [6.45, 7) is -0.832. The molecule has 1 aromatic heterocycles. The van der Waals surface area contributed by atoms with E-state index in [4.69, 9.17) is 5.73 Å². The van der Waals surface area contributed by atoms with Crippen LogP contribution in [0.1, 0.15) is 21.1 Å². The molecular weight excluding hydrogens is 367 g/mol. The molecule has 0 saturated carbocycles. The Kier molecular flexibility index (Phi) is 7.46. The Labute approximate surface area is 146 Å². The molecule has 1 heterocycles. The second-order valence-corrected chi connectivity index (χ2v) is 5.50. The SMILES string of the molecule is Cl.NCc1nc(C(=O)NCc2ccc(OCC(F)(F)F)cc2)cs1. The second-order valence-electron chi connectivity index (χ2n) is 4.56. The van der Waals surface area contributed by atoms with E-state index in [1.807, 2.05) is 0 Å². The normalized spacial score (nSPS) is 10.8. The molecule has 0 atom stereocenters. The molecule has 0 spiro atoms. The van der Waals surface area contributed by atoms with E-state index in [1.54, 1.807) is 17.5 Å². The average molecular weight is 382 g/mol. The van der Waals surface area contributed by atoms with Crippen molar-refractivity contribution in [3.8, 4) is 5.75 Å². The van der Waals surface area contributed by atoms with Gasteiger partial charge in [0.05, 0.1) is 0 Å². The maximum absolute atomic E-state index is 12.0. The zero-order chi connectivity index (χ0) is 16.9. The predicted molar refractivity (Wildman–Crippen MR) is 86.4 cm³/mol. The highest BCUT2D eigenvalue weighted by Crippen LogP contribution is 2.19. The summed E-state index contributed by atoms with van der Waals surface area (Å²) in [6, 6.07) is 6.00. The number of benzene rings is 1. The third-order valence-electron chi connectivity index (χ3n) is 2.74. The van der Waals surface area contributed by atoms with Crippen LogP contribution in [0.5, 0.6) is 5.75 Å². The highest BCUT2D eigenvalue weighted by Gasteiger charge is 2.28. The number of carbonyl (C=O) groups is 1. The highest BCUT2D eigenvalue weighted by molar-refractivity contribution is 7.09. The quantitative estimate of drug-likeness (QED) is 0.806. The fourth-order valence-corrected chi connectivity index (χ4v) is 2.31. The predicted octanol–water partition coefficient (Wildman–Crippen LogP) is 2.89. The van der Waals surface area contributed by atoms with E-state index in [9.17, 15) is 18.0 Å². The molecule has 1 aromatic carbocycles. The third-order valence-corrected chi connectivity index (χ3v) is 3.61. The monoisotopic (exact) mass is 381 g/mol. The number of nitrogens with one attached hydrogen (secondary N) is 1. The van der Waals surface area contributed by atoms with E-state index in [0.29, 0.717) is 10.7 Å². The summed E-state index contributed by atoms with van der Waals surface area (Å²) in [4.78, 5) is 15.9. The Bertz CT molecular complexity index is 662. The molecule has 0 bridgehead atoms. The first-order valence-corrected chi connectivity index (χ1v) is 7.46. The fraction of sp³-hybridized carbons (Fsp3) is 0.286. The van der Waals surface area contributed by atoms with Crippen molar-refractivity contribution in [1.29, 1.82) is 0 Å². The van der Waals surface area contributed by atoms with Crippen LogP contribution >= 0.6 is 23.7 Å². The minimum atomic E-state index is -4.37. The minimum absolute atomic E-state index is 0. The van der Waals surface area contributed by atoms with Crippen molar-refractivity contribution in [3.63, 3.8) is 0 Å². The summed E-state index contributed by atoms with van der Waals surface area (Å²) in [5.74, 6) is -0.220. The number of ether oxygens (including phenoxy) is 1. The highest BCUT2D eigenvalue weighted by atomic mass is 35.5. The molecule has 24 heavy (non-hydrogen) atoms. The lowest BCUT2D eigenvalue weighted by Gasteiger charge is -2.09. The topological polar surface area (TPSA) is 77.2 Å². The molecule has 2 aromatic rings. The number of nitrogens with zero attached hydrogens (tertiary/aromatic N) is 1. The maximum atomic E-state index is 12.0. The maximum Gasteiger partial charge on any atom is 0.422 e. The van der Waals surface area contributed by atoms with Gasteiger partial charge in [0.25, 0.3) is 5.91 Å². The number of aromatic nitrogens is 1. The molecule has 132 valence electrons. The third kappa shape index (κ3) is 6.34. The van der Waals surface area contributed by atoms with Gasteiger partial charge in [-0.05, 0) is 17.7 Å². The van der Waals surface area contributed by atoms with E-state index in [0.717, 1.165) is 5.56 Å². The lowest BCUT2D eigenvalue weighted by atomic mass is 10.2. The minimum Gasteiger partial charge on any atom is -0.484 e. The Hall–Kier alpha value is -1.84. The molecule has 10 heteroatoms. The summed E-state index contributed by atoms with van der Waals surface area (Å²) < 4.78 is 40.7. The lowest BCUT2D eigenvalue weighted by Crippen LogP contribution is -2.23. The van der Waals surface area contributed by atoms with Crippen LogP contribution in [0.15, 0.2) is 29.6 Å². The number of amides is 1. The second kappa shape index (κ2) is 8.86. The van der Waals surface area contributed by atoms with Gasteiger partial charge in [0.2, 0.25) is 0 Å². The van der Waals surface area contributed by atoms with Gasteiger partial charge in [0, 0.05) is 18.5 Å². The zero-order valence-electron chi connectivity index (χ0n) is 12.3. The Morgan fingerprint density at radius 1 is 1.29 bits per heavy atom. The van der Waals surface area contributed by atoms with Crippen molar-refractivity contribution in [2.45, 2.75) is 19.3 Å². The zero-order valence-corrected chi connectivity index (χ0v) is 13.9. The van der Waals surface area contributed by atoms with Gasteiger partial charge in [-0.1, -0.05) is 12.1 Å². The number of rotatable bonds is 6. The fourth-order valence-electron chi connectivity index (χ4n) is 1.65. The molecule has 0 unspecified atom stereocenters. The van der Waals surface area contributed by atoms with Gasteiger partial charge in [-0.3, -0.25) is 4.79 Å². The van der Waals surface area contributed by atoms with E-state index < -0.39 is 12.8 Å². The van der Waals surface area contributed by atoms with Gasteiger partial charge in [0.1, 0.15) is 16.5 Å². The first-order valence-electron chi connectivity index (χ1n) is 6.58. The lowest BCUT2D eigenvalue weighted by molar-refractivity contribution is -0.153. The first kappa shape index (κ1) is 20.2. The summed E-state index contributed by atoms with van der Waals surface area (Å²) in [7, 11) is 0. The molecular formula is C14H15ClF3N3O2S. The van der Waals surface area contributed by atoms with Crippen LogP contribution in [0.25, 0.3) is 0 Å². The number of carbonyl (C=O) groups excluding carboxylic acids is 1. The van der Waals surface area contributed by atoms with Crippen molar-refractivity contribution in [1.82, 2.24) is 10.3 Å². The van der Waals surface area contributed by atoms with E-state index in [1.165, 1.54) is 23.5 Å². The molecule has 5 nitrogen and oxygen atoms in total. The molecule has 0 aliphatic carbocycles. The van der Waals surface area contributed by atoms with Crippen molar-refractivity contribution in [2.24, 2.45) is 5.73 Å². The van der Waals surface area contributed by atoms with Crippen LogP contribution in [0.3, 0.4) is 0 Å². The van der Waals surface area contributed by atoms with Gasteiger partial charge in [-0.15, -0.1) is 23.7 Å². The van der Waals surface area contributed by atoms with E-state index in [2.05, 4.69) is 15.0 Å². The average Bonchev–Trinajstić information content (AvgIpc) is 3.00. The molecule has 0 aliphatic rings. The standard InChI is InChI=1S/C14H14F3N3O2S.ClH/c15-14(16,17)8-22-10-3-1-9(2-4-10)6-19-13(21)11-7-23-12(5-18)20-11;/h1-4,7H,5-6,8,18H2,(H,19,21);1H. The first-order chi connectivity index (χ1) is 10.9. The van der Waals surface area contributed by atoms with Crippen LogP contribution in [0.4, 0.5) is 13.2 Å². The Balaban J connectivity index is 0.00000288. The molecule has 0 radical (unpaired) electrons. The van der Waals surface area contributed by atoms with E-state index in [-0.39, 0.29) is 37.2 Å². The van der Waals surface area contributed by atoms with Crippen LogP contribution in [-0.2, 0) is 13.1 Å². The van der Waals surface area contributed by atoms with Crippen LogP contribution in [0, 0.1) is 0 Å². The number of alkyl halides is 3. The molecule has 1 amide bonds. The Morgan fingerprint density at radius 2 is 1.96 bits per heavy atom. The van der Waals surface area contributed by atoms with Gasteiger partial charge in [0.15, 0.2) is 6.61 Å². The molecule has 0 aliphatic heterocycles. The number of hydrogen-bond donors (Lipinski definition) is 2. The molecule has 0 saturated heterocycles. The number of nitrogens with two attached hydrogens (primary N) is 1. The van der Waals surface area contributed by atoms with Crippen molar-refractivity contribution in [3.05, 3.63) is 45.9 Å². The molecule has 0 fully saturated rings. The summed E-state index contributed by atoms with van der Waals surface area (Å²) in [5.41, 5.74) is 6.45. The largest absolute Gasteiger partial charge is 0.484 e. The van der Waals surface area contributed by atoms with E-state index >= 15 is 0 Å². The molecule has 2 rings (SSSR count). The van der Waals surface area contributed by atoms with Gasteiger partial charge in [-0.2, -0.15) is 13.2 Å². The van der Waals surface area contributed by atoms with Crippen molar-refractivity contribution in [2.75, 3.05) is 6.61 Å². The number of thiazole rings is 1. The summed E-state index contributed by atoms with van der Waals surface area (Å²) in [5, 5.41) is 4.96. The summed E-state index contributed by atoms with van der Waals surface area (Å²) in [6.07, 6.45) is -4.37. The van der Waals surface area contributed by atoms with Crippen LogP contribution in [-0.4, -0.2) is 23.7 Å². The number of halogens is 4. The number of hydrogen-bond acceptors (Lipinski definition) is 5. The van der Waals surface area contributed by atoms with Gasteiger partial charge < -0.3 is 15.8 Å². The smallest absolute Gasteiger partial charge is 0.422 e. The van der Waals surface area contributed by atoms with Gasteiger partial charge >= 0.3 is 6.18 Å².